The molecule has 5 rings (SSSR count). The Kier molecular flexibility index (Phi) is 6.33. The maximum atomic E-state index is 13.7. The van der Waals surface area contributed by atoms with Gasteiger partial charge in [-0.05, 0) is 67.5 Å². The lowest BCUT2D eigenvalue weighted by Crippen LogP contribution is -2.41. The lowest BCUT2D eigenvalue weighted by atomic mass is 10.0. The van der Waals surface area contributed by atoms with Crippen molar-refractivity contribution >= 4 is 34.4 Å². The van der Waals surface area contributed by atoms with Gasteiger partial charge >= 0.3 is 6.18 Å². The van der Waals surface area contributed by atoms with Crippen molar-refractivity contribution < 1.29 is 13.2 Å². The molecule has 2 aromatic rings. The van der Waals surface area contributed by atoms with E-state index < -0.39 is 11.7 Å². The van der Waals surface area contributed by atoms with Crippen LogP contribution in [0, 0.1) is 0 Å². The van der Waals surface area contributed by atoms with Crippen molar-refractivity contribution in [2.75, 3.05) is 36.8 Å². The molecular formula is C25H29F3N4S. The van der Waals surface area contributed by atoms with Gasteiger partial charge in [0.1, 0.15) is 0 Å². The van der Waals surface area contributed by atoms with Gasteiger partial charge in [-0.1, -0.05) is 23.9 Å². The number of allylic oxidation sites excluding steroid dienone is 2. The number of rotatable bonds is 5. The molecule has 0 amide bonds. The van der Waals surface area contributed by atoms with Crippen molar-refractivity contribution in [2.24, 2.45) is 5.73 Å². The summed E-state index contributed by atoms with van der Waals surface area (Å²) in [5, 5.41) is 6.86. The summed E-state index contributed by atoms with van der Waals surface area (Å²) in [5.74, 6) is 0. The lowest BCUT2D eigenvalue weighted by Gasteiger charge is -2.34. The number of nitrogens with two attached hydrogens (primary N) is 1. The van der Waals surface area contributed by atoms with Gasteiger partial charge in [-0.3, -0.25) is 0 Å². The molecule has 4 N–H and O–H groups in total. The number of hydrogen-bond acceptors (Lipinski definition) is 5. The highest BCUT2D eigenvalue weighted by molar-refractivity contribution is 7.99. The molecule has 0 bridgehead atoms. The van der Waals surface area contributed by atoms with E-state index in [4.69, 9.17) is 5.73 Å². The van der Waals surface area contributed by atoms with Crippen LogP contribution in [-0.2, 0) is 6.18 Å². The fourth-order valence-electron chi connectivity index (χ4n) is 4.90. The van der Waals surface area contributed by atoms with Crippen LogP contribution >= 0.6 is 11.8 Å². The average Bonchev–Trinajstić information content (AvgIpc) is 3.33. The highest BCUT2D eigenvalue weighted by Crippen LogP contribution is 2.50. The molecule has 0 saturated carbocycles. The minimum atomic E-state index is -4.40. The zero-order chi connectivity index (χ0) is 23.0. The number of fused-ring (bicyclic) bond motifs is 2. The van der Waals surface area contributed by atoms with Crippen molar-refractivity contribution in [2.45, 2.75) is 54.1 Å². The van der Waals surface area contributed by atoms with E-state index in [0.717, 1.165) is 68.0 Å². The second kappa shape index (κ2) is 9.24. The van der Waals surface area contributed by atoms with Gasteiger partial charge in [-0.25, -0.2) is 0 Å². The Morgan fingerprint density at radius 2 is 1.94 bits per heavy atom. The molecule has 0 atom stereocenters. The van der Waals surface area contributed by atoms with Crippen molar-refractivity contribution in [3.63, 3.8) is 0 Å². The van der Waals surface area contributed by atoms with Crippen LogP contribution < -0.4 is 16.4 Å². The third kappa shape index (κ3) is 4.88. The minimum absolute atomic E-state index is 0.136. The fourth-order valence-corrected chi connectivity index (χ4v) is 6.00. The van der Waals surface area contributed by atoms with Crippen LogP contribution in [0.3, 0.4) is 0 Å². The van der Waals surface area contributed by atoms with E-state index >= 15 is 0 Å². The zero-order valence-electron chi connectivity index (χ0n) is 18.5. The molecular weight excluding hydrogens is 445 g/mol. The third-order valence-corrected chi connectivity index (χ3v) is 7.79. The number of nitrogens with zero attached hydrogens (tertiary/aromatic N) is 1. The van der Waals surface area contributed by atoms with Crippen LogP contribution in [0.4, 0.5) is 30.2 Å². The largest absolute Gasteiger partial charge is 0.416 e. The average molecular weight is 475 g/mol. The Morgan fingerprint density at radius 3 is 2.64 bits per heavy atom. The molecule has 8 heteroatoms. The fraction of sp³-hybridized carbons (Fsp3) is 0.440. The van der Waals surface area contributed by atoms with Gasteiger partial charge in [0.25, 0.3) is 0 Å². The summed E-state index contributed by atoms with van der Waals surface area (Å²) in [4.78, 5) is 3.88. The van der Waals surface area contributed by atoms with Crippen molar-refractivity contribution in [3.8, 4) is 0 Å². The highest BCUT2D eigenvalue weighted by Gasteiger charge is 2.34. The molecule has 33 heavy (non-hydrogen) atoms. The Bertz CT molecular complexity index is 1060. The van der Waals surface area contributed by atoms with Gasteiger partial charge in [-0.15, -0.1) is 0 Å². The van der Waals surface area contributed by atoms with Crippen LogP contribution in [0.5, 0.6) is 0 Å². The topological polar surface area (TPSA) is 53.3 Å². The molecule has 4 nitrogen and oxygen atoms in total. The van der Waals surface area contributed by atoms with E-state index in [2.05, 4.69) is 33.7 Å². The highest BCUT2D eigenvalue weighted by atomic mass is 32.2. The molecule has 2 aliphatic heterocycles. The van der Waals surface area contributed by atoms with Gasteiger partial charge in [0.2, 0.25) is 0 Å². The summed E-state index contributed by atoms with van der Waals surface area (Å²) >= 11 is 1.42. The molecule has 2 heterocycles. The summed E-state index contributed by atoms with van der Waals surface area (Å²) in [6.45, 7) is 3.29. The standard InChI is InChI=1S/C25H29F3N4S/c26-25(27,28)18-14-21(30-19-7-10-32(11-8-19)12-9-29)24-23(15-18)33-22-13-17(5-6-20(22)31-24)16-3-1-2-4-16/h3,5-6,13-15,19,30-31H,1-2,4,7-12,29H2. The maximum absolute atomic E-state index is 13.7. The number of nitrogens with one attached hydrogen (secondary N) is 2. The van der Waals surface area contributed by atoms with E-state index in [1.54, 1.807) is 0 Å². The first-order valence-corrected chi connectivity index (χ1v) is 12.4. The molecule has 176 valence electrons. The molecule has 2 aromatic carbocycles. The van der Waals surface area contributed by atoms with E-state index in [1.165, 1.54) is 35.0 Å². The van der Waals surface area contributed by atoms with E-state index in [1.807, 2.05) is 6.07 Å². The molecule has 0 spiro atoms. The van der Waals surface area contributed by atoms with E-state index in [0.29, 0.717) is 17.1 Å². The number of alkyl halides is 3. The van der Waals surface area contributed by atoms with Crippen molar-refractivity contribution in [1.29, 1.82) is 0 Å². The number of likely N-dealkylation sites (tertiary alicyclic amines) is 1. The molecule has 1 fully saturated rings. The molecule has 1 saturated heterocycles. The molecule has 3 aliphatic rings. The molecule has 0 radical (unpaired) electrons. The quantitative estimate of drug-likeness (QED) is 0.404. The maximum Gasteiger partial charge on any atom is 0.416 e. The Morgan fingerprint density at radius 1 is 1.12 bits per heavy atom. The van der Waals surface area contributed by atoms with Crippen LogP contribution in [0.15, 0.2) is 46.2 Å². The predicted molar refractivity (Wildman–Crippen MR) is 129 cm³/mol. The van der Waals surface area contributed by atoms with Gasteiger partial charge in [0.15, 0.2) is 0 Å². The van der Waals surface area contributed by atoms with Gasteiger partial charge < -0.3 is 21.3 Å². The summed E-state index contributed by atoms with van der Waals surface area (Å²) in [5.41, 5.74) is 9.74. The molecule has 0 aromatic heterocycles. The Labute approximate surface area is 196 Å². The third-order valence-electron chi connectivity index (χ3n) is 6.69. The first kappa shape index (κ1) is 22.6. The Hall–Kier alpha value is -2.16. The lowest BCUT2D eigenvalue weighted by molar-refractivity contribution is -0.137. The van der Waals surface area contributed by atoms with Crippen LogP contribution in [0.2, 0.25) is 0 Å². The Balaban J connectivity index is 1.43. The normalized spacial score (nSPS) is 19.0. The summed E-state index contributed by atoms with van der Waals surface area (Å²) in [7, 11) is 0. The van der Waals surface area contributed by atoms with Crippen molar-refractivity contribution in [3.05, 3.63) is 47.5 Å². The predicted octanol–water partition coefficient (Wildman–Crippen LogP) is 6.32. The number of benzene rings is 2. The second-order valence-electron chi connectivity index (χ2n) is 9.00. The number of hydrogen-bond donors (Lipinski definition) is 3. The van der Waals surface area contributed by atoms with Crippen LogP contribution in [0.25, 0.3) is 5.57 Å². The minimum Gasteiger partial charge on any atom is -0.380 e. The van der Waals surface area contributed by atoms with Crippen LogP contribution in [0.1, 0.15) is 43.2 Å². The molecule has 1 aliphatic carbocycles. The summed E-state index contributed by atoms with van der Waals surface area (Å²) in [6.07, 6.45) is 2.95. The number of halogens is 3. The van der Waals surface area contributed by atoms with Crippen LogP contribution in [-0.4, -0.2) is 37.1 Å². The first-order chi connectivity index (χ1) is 15.9. The monoisotopic (exact) mass is 474 g/mol. The van der Waals surface area contributed by atoms with E-state index in [9.17, 15) is 13.2 Å². The van der Waals surface area contributed by atoms with Gasteiger partial charge in [-0.2, -0.15) is 13.2 Å². The summed E-state index contributed by atoms with van der Waals surface area (Å²) in [6, 6.07) is 8.92. The number of anilines is 3. The summed E-state index contributed by atoms with van der Waals surface area (Å²) < 4.78 is 41.2. The van der Waals surface area contributed by atoms with E-state index in [-0.39, 0.29) is 6.04 Å². The smallest absolute Gasteiger partial charge is 0.380 e. The van der Waals surface area contributed by atoms with Gasteiger partial charge in [0.05, 0.1) is 22.6 Å². The molecule has 0 unspecified atom stereocenters. The first-order valence-electron chi connectivity index (χ1n) is 11.6. The van der Waals surface area contributed by atoms with Gasteiger partial charge in [0, 0.05) is 42.0 Å². The SMILES string of the molecule is NCCN1CCC(Nc2cc(C(F)(F)F)cc3c2Nc2ccc(C4=CCCC4)cc2S3)CC1. The van der Waals surface area contributed by atoms with Crippen molar-refractivity contribution in [1.82, 2.24) is 4.90 Å². The second-order valence-corrected chi connectivity index (χ2v) is 10.1. The zero-order valence-corrected chi connectivity index (χ0v) is 19.3. The number of piperidine rings is 1.